The number of fused-ring (bicyclic) bond motifs is 1. The maximum atomic E-state index is 12.6. The van der Waals surface area contributed by atoms with Gasteiger partial charge in [-0.15, -0.1) is 0 Å². The average Bonchev–Trinajstić information content (AvgIpc) is 2.84. The van der Waals surface area contributed by atoms with E-state index in [1.165, 1.54) is 31.4 Å². The Kier molecular flexibility index (Phi) is 6.69. The molecule has 1 aliphatic heterocycles. The van der Waals surface area contributed by atoms with Gasteiger partial charge in [-0.2, -0.15) is 0 Å². The Hall–Kier alpha value is -3.72. The lowest BCUT2D eigenvalue weighted by atomic mass is 10.1. The van der Waals surface area contributed by atoms with Crippen molar-refractivity contribution in [2.75, 3.05) is 31.6 Å². The maximum absolute atomic E-state index is 12.6. The molecule has 0 unspecified atom stereocenters. The van der Waals surface area contributed by atoms with E-state index in [4.69, 9.17) is 14.2 Å². The third-order valence-corrected chi connectivity index (χ3v) is 6.47. The molecule has 2 N–H and O–H groups in total. The second kappa shape index (κ2) is 9.83. The van der Waals surface area contributed by atoms with Crippen molar-refractivity contribution in [3.63, 3.8) is 0 Å². The zero-order valence-corrected chi connectivity index (χ0v) is 18.9. The van der Waals surface area contributed by atoms with Crippen molar-refractivity contribution in [3.8, 4) is 17.2 Å². The van der Waals surface area contributed by atoms with Crippen LogP contribution in [0.3, 0.4) is 0 Å². The minimum Gasteiger partial charge on any atom is -0.497 e. The highest BCUT2D eigenvalue weighted by molar-refractivity contribution is 7.92. The molecule has 9 heteroatoms. The number of sulfonamides is 1. The molecule has 3 aromatic carbocycles. The highest BCUT2D eigenvalue weighted by Gasteiger charge is 2.16. The average molecular weight is 469 g/mol. The second-order valence-corrected chi connectivity index (χ2v) is 9.02. The Labute approximate surface area is 192 Å². The molecule has 0 atom stereocenters. The molecule has 0 fully saturated rings. The van der Waals surface area contributed by atoms with E-state index in [0.717, 1.165) is 11.3 Å². The topological polar surface area (TPSA) is 103 Å². The van der Waals surface area contributed by atoms with Gasteiger partial charge in [0.25, 0.3) is 15.9 Å². The lowest BCUT2D eigenvalue weighted by Crippen LogP contribution is -2.25. The van der Waals surface area contributed by atoms with Crippen molar-refractivity contribution < 1.29 is 27.4 Å². The zero-order valence-electron chi connectivity index (χ0n) is 18.0. The van der Waals surface area contributed by atoms with Crippen LogP contribution in [0.5, 0.6) is 17.2 Å². The minimum atomic E-state index is -3.78. The lowest BCUT2D eigenvalue weighted by molar-refractivity contribution is 0.0954. The number of ether oxygens (including phenoxy) is 3. The Morgan fingerprint density at radius 3 is 2.33 bits per heavy atom. The molecule has 0 saturated carbocycles. The van der Waals surface area contributed by atoms with E-state index in [-0.39, 0.29) is 10.8 Å². The van der Waals surface area contributed by atoms with Gasteiger partial charge < -0.3 is 19.5 Å². The molecule has 4 rings (SSSR count). The summed E-state index contributed by atoms with van der Waals surface area (Å²) in [6.07, 6.45) is 0.626. The predicted octanol–water partition coefficient (Wildman–Crippen LogP) is 3.24. The van der Waals surface area contributed by atoms with E-state index < -0.39 is 10.0 Å². The van der Waals surface area contributed by atoms with Crippen molar-refractivity contribution >= 4 is 21.6 Å². The number of carbonyl (C=O) groups excluding carboxylic acids is 1. The van der Waals surface area contributed by atoms with Crippen LogP contribution in [0, 0.1) is 0 Å². The van der Waals surface area contributed by atoms with Crippen molar-refractivity contribution in [1.82, 2.24) is 5.32 Å². The maximum Gasteiger partial charge on any atom is 0.261 e. The van der Waals surface area contributed by atoms with Gasteiger partial charge in [0.1, 0.15) is 19.0 Å². The van der Waals surface area contributed by atoms with Gasteiger partial charge in [0.05, 0.1) is 12.0 Å². The lowest BCUT2D eigenvalue weighted by Gasteiger charge is -2.18. The summed E-state index contributed by atoms with van der Waals surface area (Å²) in [6.45, 7) is 1.49. The summed E-state index contributed by atoms with van der Waals surface area (Å²) >= 11 is 0. The first-order valence-corrected chi connectivity index (χ1v) is 11.9. The third-order valence-electron chi connectivity index (χ3n) is 5.07. The molecule has 1 aliphatic rings. The zero-order chi connectivity index (χ0) is 23.3. The standard InChI is InChI=1S/C24H24N2O6S/c1-30-20-7-5-19(6-8-20)26-33(28,29)21-9-3-18(4-10-21)24(27)25-13-12-17-2-11-22-23(16-17)32-15-14-31-22/h2-11,16,26H,12-15H2,1H3,(H,25,27). The van der Waals surface area contributed by atoms with Crippen molar-refractivity contribution in [2.45, 2.75) is 11.3 Å². The SMILES string of the molecule is COc1ccc(NS(=O)(=O)c2ccc(C(=O)NCCc3ccc4c(c3)OCCO4)cc2)cc1. The molecule has 0 aliphatic carbocycles. The molecular formula is C24H24N2O6S. The fourth-order valence-corrected chi connectivity index (χ4v) is 4.38. The van der Waals surface area contributed by atoms with Crippen LogP contribution < -0.4 is 24.2 Å². The van der Waals surface area contributed by atoms with Gasteiger partial charge >= 0.3 is 0 Å². The van der Waals surface area contributed by atoms with Crippen LogP contribution in [0.1, 0.15) is 15.9 Å². The molecule has 1 heterocycles. The molecule has 172 valence electrons. The molecular weight excluding hydrogens is 444 g/mol. The summed E-state index contributed by atoms with van der Waals surface area (Å²) < 4.78 is 43.9. The van der Waals surface area contributed by atoms with Gasteiger partial charge in [-0.05, 0) is 72.6 Å². The first-order chi connectivity index (χ1) is 15.9. The van der Waals surface area contributed by atoms with Crippen LogP contribution in [0.4, 0.5) is 5.69 Å². The van der Waals surface area contributed by atoms with Crippen LogP contribution in [0.15, 0.2) is 71.6 Å². The minimum absolute atomic E-state index is 0.0612. The van der Waals surface area contributed by atoms with Crippen molar-refractivity contribution in [2.24, 2.45) is 0 Å². The summed E-state index contributed by atoms with van der Waals surface area (Å²) in [5, 5.41) is 2.85. The molecule has 3 aromatic rings. The number of amides is 1. The van der Waals surface area contributed by atoms with E-state index >= 15 is 0 Å². The van der Waals surface area contributed by atoms with E-state index in [1.54, 1.807) is 24.3 Å². The fourth-order valence-electron chi connectivity index (χ4n) is 3.32. The molecule has 33 heavy (non-hydrogen) atoms. The number of hydrogen-bond donors (Lipinski definition) is 2. The molecule has 1 amide bonds. The molecule has 0 bridgehead atoms. The number of carbonyl (C=O) groups is 1. The number of methoxy groups -OCH3 is 1. The molecule has 0 radical (unpaired) electrons. The van der Waals surface area contributed by atoms with Gasteiger partial charge in [0.2, 0.25) is 0 Å². The summed E-state index contributed by atoms with van der Waals surface area (Å²) in [7, 11) is -2.24. The second-order valence-electron chi connectivity index (χ2n) is 7.34. The summed E-state index contributed by atoms with van der Waals surface area (Å²) in [5.74, 6) is 1.79. The highest BCUT2D eigenvalue weighted by Crippen LogP contribution is 2.30. The van der Waals surface area contributed by atoms with Crippen LogP contribution in [0.2, 0.25) is 0 Å². The molecule has 0 spiro atoms. The summed E-state index contributed by atoms with van der Waals surface area (Å²) in [6, 6.07) is 18.1. The number of nitrogens with one attached hydrogen (secondary N) is 2. The van der Waals surface area contributed by atoms with Crippen LogP contribution in [0.25, 0.3) is 0 Å². The van der Waals surface area contributed by atoms with Crippen molar-refractivity contribution in [1.29, 1.82) is 0 Å². The fraction of sp³-hybridized carbons (Fsp3) is 0.208. The smallest absolute Gasteiger partial charge is 0.261 e. The third kappa shape index (κ3) is 5.56. The van der Waals surface area contributed by atoms with Gasteiger partial charge in [-0.3, -0.25) is 9.52 Å². The van der Waals surface area contributed by atoms with Crippen LogP contribution in [-0.4, -0.2) is 41.2 Å². The molecule has 8 nitrogen and oxygen atoms in total. The first kappa shape index (κ1) is 22.5. The Bertz CT molecular complexity index is 1220. The van der Waals surface area contributed by atoms with Crippen LogP contribution >= 0.6 is 0 Å². The van der Waals surface area contributed by atoms with E-state index in [0.29, 0.717) is 48.9 Å². The van der Waals surface area contributed by atoms with Gasteiger partial charge in [-0.1, -0.05) is 6.07 Å². The van der Waals surface area contributed by atoms with Gasteiger partial charge in [0.15, 0.2) is 11.5 Å². The number of hydrogen-bond acceptors (Lipinski definition) is 6. The monoisotopic (exact) mass is 468 g/mol. The quantitative estimate of drug-likeness (QED) is 0.526. The number of rotatable bonds is 8. The Morgan fingerprint density at radius 2 is 1.64 bits per heavy atom. The normalized spacial score (nSPS) is 12.6. The first-order valence-electron chi connectivity index (χ1n) is 10.4. The van der Waals surface area contributed by atoms with E-state index in [9.17, 15) is 13.2 Å². The van der Waals surface area contributed by atoms with E-state index in [1.807, 2.05) is 18.2 Å². The van der Waals surface area contributed by atoms with Crippen LogP contribution in [-0.2, 0) is 16.4 Å². The Morgan fingerprint density at radius 1 is 0.939 bits per heavy atom. The highest BCUT2D eigenvalue weighted by atomic mass is 32.2. The van der Waals surface area contributed by atoms with Crippen molar-refractivity contribution in [3.05, 3.63) is 77.9 Å². The number of anilines is 1. The summed E-state index contributed by atoms with van der Waals surface area (Å²) in [5.41, 5.74) is 1.81. The van der Waals surface area contributed by atoms with Gasteiger partial charge in [0, 0.05) is 17.8 Å². The molecule has 0 saturated heterocycles. The Balaban J connectivity index is 1.32. The summed E-state index contributed by atoms with van der Waals surface area (Å²) in [4.78, 5) is 12.5. The van der Waals surface area contributed by atoms with E-state index in [2.05, 4.69) is 10.0 Å². The molecule has 0 aromatic heterocycles. The predicted molar refractivity (Wildman–Crippen MR) is 124 cm³/mol. The van der Waals surface area contributed by atoms with Gasteiger partial charge in [-0.25, -0.2) is 8.42 Å². The number of benzene rings is 3. The largest absolute Gasteiger partial charge is 0.497 e.